The van der Waals surface area contributed by atoms with Crippen LogP contribution in [-0.4, -0.2) is 14.6 Å². The van der Waals surface area contributed by atoms with Gasteiger partial charge in [0.1, 0.15) is 5.15 Å². The maximum absolute atomic E-state index is 5.92. The van der Waals surface area contributed by atoms with Crippen LogP contribution in [0.5, 0.6) is 0 Å². The molecule has 3 nitrogen and oxygen atoms in total. The van der Waals surface area contributed by atoms with E-state index in [0.717, 1.165) is 29.0 Å². The number of nitrogens with zero attached hydrogens (tertiary/aromatic N) is 3. The monoisotopic (exact) mass is 263 g/mol. The summed E-state index contributed by atoms with van der Waals surface area (Å²) in [4.78, 5) is 4.62. The lowest BCUT2D eigenvalue weighted by molar-refractivity contribution is 0.861. The zero-order valence-electron chi connectivity index (χ0n) is 9.22. The van der Waals surface area contributed by atoms with Gasteiger partial charge in [0.2, 0.25) is 0 Å². The van der Waals surface area contributed by atoms with Crippen LogP contribution in [-0.2, 0) is 6.42 Å². The van der Waals surface area contributed by atoms with Crippen LogP contribution >= 0.6 is 22.9 Å². The molecule has 0 radical (unpaired) electrons. The first-order valence-electron chi connectivity index (χ1n) is 5.36. The number of aromatic nitrogens is 3. The molecule has 0 bridgehead atoms. The summed E-state index contributed by atoms with van der Waals surface area (Å²) < 4.78 is 1.83. The lowest BCUT2D eigenvalue weighted by Gasteiger charge is -1.99. The molecule has 0 amide bonds. The summed E-state index contributed by atoms with van der Waals surface area (Å²) in [7, 11) is 0. The zero-order valence-corrected chi connectivity index (χ0v) is 10.8. The molecular weight excluding hydrogens is 254 g/mol. The number of rotatable bonds is 2. The number of halogens is 1. The van der Waals surface area contributed by atoms with Crippen molar-refractivity contribution in [3.8, 4) is 11.3 Å². The van der Waals surface area contributed by atoms with Crippen LogP contribution in [0.1, 0.15) is 12.6 Å². The zero-order chi connectivity index (χ0) is 11.8. The summed E-state index contributed by atoms with van der Waals surface area (Å²) in [5.41, 5.74) is 4.09. The van der Waals surface area contributed by atoms with E-state index in [2.05, 4.69) is 33.8 Å². The van der Waals surface area contributed by atoms with Crippen LogP contribution in [0.2, 0.25) is 5.15 Å². The molecule has 5 heteroatoms. The summed E-state index contributed by atoms with van der Waals surface area (Å²) in [5.74, 6) is 0. The molecule has 0 N–H and O–H groups in total. The quantitative estimate of drug-likeness (QED) is 0.706. The maximum atomic E-state index is 5.92. The van der Waals surface area contributed by atoms with Crippen LogP contribution in [0.4, 0.5) is 0 Å². The van der Waals surface area contributed by atoms with E-state index in [9.17, 15) is 0 Å². The number of hydrogen-bond acceptors (Lipinski definition) is 3. The van der Waals surface area contributed by atoms with Crippen molar-refractivity contribution < 1.29 is 0 Å². The smallest absolute Gasteiger partial charge is 0.154 e. The van der Waals surface area contributed by atoms with Crippen molar-refractivity contribution in [1.82, 2.24) is 14.6 Å². The van der Waals surface area contributed by atoms with E-state index in [4.69, 9.17) is 11.6 Å². The molecule has 17 heavy (non-hydrogen) atoms. The SMILES string of the molecule is CCc1c(-c2ccsc2)nc2ccc(Cl)nn12. The van der Waals surface area contributed by atoms with E-state index in [1.165, 1.54) is 0 Å². The van der Waals surface area contributed by atoms with E-state index in [1.54, 1.807) is 17.4 Å². The minimum absolute atomic E-state index is 0.487. The van der Waals surface area contributed by atoms with Crippen LogP contribution in [0, 0.1) is 0 Å². The molecule has 3 aromatic heterocycles. The lowest BCUT2D eigenvalue weighted by Crippen LogP contribution is -1.96. The topological polar surface area (TPSA) is 30.2 Å². The molecule has 0 atom stereocenters. The highest BCUT2D eigenvalue weighted by Gasteiger charge is 2.13. The second-order valence-electron chi connectivity index (χ2n) is 3.70. The van der Waals surface area contributed by atoms with Gasteiger partial charge in [-0.05, 0) is 30.0 Å². The van der Waals surface area contributed by atoms with E-state index in [1.807, 2.05) is 10.6 Å². The second kappa shape index (κ2) is 4.13. The minimum atomic E-state index is 0.487. The highest BCUT2D eigenvalue weighted by molar-refractivity contribution is 7.08. The van der Waals surface area contributed by atoms with Crippen molar-refractivity contribution in [3.63, 3.8) is 0 Å². The van der Waals surface area contributed by atoms with E-state index < -0.39 is 0 Å². The predicted octanol–water partition coefficient (Wildman–Crippen LogP) is 3.67. The molecule has 0 fully saturated rings. The average Bonchev–Trinajstić information content (AvgIpc) is 2.94. The number of aryl methyl sites for hydroxylation is 1. The van der Waals surface area contributed by atoms with Crippen molar-refractivity contribution in [1.29, 1.82) is 0 Å². The van der Waals surface area contributed by atoms with Gasteiger partial charge in [-0.3, -0.25) is 0 Å². The Hall–Kier alpha value is -1.39. The van der Waals surface area contributed by atoms with Gasteiger partial charge < -0.3 is 0 Å². The molecule has 0 aliphatic carbocycles. The van der Waals surface area contributed by atoms with Crippen LogP contribution < -0.4 is 0 Å². The summed E-state index contributed by atoms with van der Waals surface area (Å²) >= 11 is 7.60. The Kier molecular flexibility index (Phi) is 2.61. The van der Waals surface area contributed by atoms with Gasteiger partial charge in [0.25, 0.3) is 0 Å². The molecule has 0 aromatic carbocycles. The summed E-state index contributed by atoms with van der Waals surface area (Å²) in [6, 6.07) is 5.73. The number of fused-ring (bicyclic) bond motifs is 1. The number of imidazole rings is 1. The van der Waals surface area contributed by atoms with Gasteiger partial charge in [0.05, 0.1) is 11.4 Å². The van der Waals surface area contributed by atoms with Crippen LogP contribution in [0.25, 0.3) is 16.9 Å². The first-order valence-corrected chi connectivity index (χ1v) is 6.68. The molecule has 86 valence electrons. The molecule has 0 saturated heterocycles. The molecule has 3 heterocycles. The fraction of sp³-hybridized carbons (Fsp3) is 0.167. The van der Waals surface area contributed by atoms with Crippen molar-refractivity contribution in [2.45, 2.75) is 13.3 Å². The Bertz CT molecular complexity index is 658. The molecular formula is C12H10ClN3S. The Labute approximate surface area is 108 Å². The Morgan fingerprint density at radius 3 is 2.94 bits per heavy atom. The van der Waals surface area contributed by atoms with Crippen molar-refractivity contribution >= 4 is 28.6 Å². The fourth-order valence-corrected chi connectivity index (χ4v) is 2.68. The minimum Gasteiger partial charge on any atom is -0.227 e. The Morgan fingerprint density at radius 2 is 2.24 bits per heavy atom. The van der Waals surface area contributed by atoms with Gasteiger partial charge in [-0.25, -0.2) is 9.50 Å². The van der Waals surface area contributed by atoms with Gasteiger partial charge in [-0.15, -0.1) is 0 Å². The van der Waals surface area contributed by atoms with E-state index >= 15 is 0 Å². The molecule has 0 unspecified atom stereocenters. The van der Waals surface area contributed by atoms with E-state index in [-0.39, 0.29) is 0 Å². The third kappa shape index (κ3) is 1.73. The lowest BCUT2D eigenvalue weighted by atomic mass is 10.2. The third-order valence-corrected chi connectivity index (χ3v) is 3.55. The molecule has 0 saturated carbocycles. The second-order valence-corrected chi connectivity index (χ2v) is 4.87. The highest BCUT2D eigenvalue weighted by atomic mass is 35.5. The summed E-state index contributed by atoms with van der Waals surface area (Å²) in [6.07, 6.45) is 0.875. The van der Waals surface area contributed by atoms with Crippen molar-refractivity contribution in [2.24, 2.45) is 0 Å². The first kappa shape index (κ1) is 10.7. The summed E-state index contributed by atoms with van der Waals surface area (Å²) in [5, 5.41) is 8.94. The number of hydrogen-bond donors (Lipinski definition) is 0. The maximum Gasteiger partial charge on any atom is 0.154 e. The van der Waals surface area contributed by atoms with Crippen LogP contribution in [0.15, 0.2) is 29.0 Å². The van der Waals surface area contributed by atoms with Crippen LogP contribution in [0.3, 0.4) is 0 Å². The standard InChI is InChI=1S/C12H10ClN3S/c1-2-9-12(8-5-6-17-7-8)14-11-4-3-10(13)15-16(9)11/h3-7H,2H2,1H3. The van der Waals surface area contributed by atoms with Gasteiger partial charge >= 0.3 is 0 Å². The van der Waals surface area contributed by atoms with E-state index in [0.29, 0.717) is 5.15 Å². The highest BCUT2D eigenvalue weighted by Crippen LogP contribution is 2.26. The largest absolute Gasteiger partial charge is 0.227 e. The van der Waals surface area contributed by atoms with Crippen molar-refractivity contribution in [2.75, 3.05) is 0 Å². The van der Waals surface area contributed by atoms with Gasteiger partial charge in [-0.2, -0.15) is 16.4 Å². The first-order chi connectivity index (χ1) is 8.29. The molecule has 0 aliphatic rings. The number of thiophene rings is 1. The normalized spacial score (nSPS) is 11.2. The Balaban J connectivity index is 2.32. The molecule has 0 aliphatic heterocycles. The van der Waals surface area contributed by atoms with Gasteiger partial charge in [-0.1, -0.05) is 18.5 Å². The molecule has 0 spiro atoms. The molecule has 3 rings (SSSR count). The Morgan fingerprint density at radius 1 is 1.35 bits per heavy atom. The summed E-state index contributed by atoms with van der Waals surface area (Å²) in [6.45, 7) is 2.10. The fourth-order valence-electron chi connectivity index (χ4n) is 1.90. The average molecular weight is 264 g/mol. The van der Waals surface area contributed by atoms with Crippen molar-refractivity contribution in [3.05, 3.63) is 39.8 Å². The van der Waals surface area contributed by atoms with Gasteiger partial charge in [0, 0.05) is 10.9 Å². The predicted molar refractivity (Wildman–Crippen MR) is 70.7 cm³/mol. The molecule has 3 aromatic rings. The van der Waals surface area contributed by atoms with Gasteiger partial charge in [0.15, 0.2) is 5.65 Å². The third-order valence-electron chi connectivity index (χ3n) is 2.67.